The van der Waals surface area contributed by atoms with Crippen molar-refractivity contribution in [2.45, 2.75) is 0 Å². The number of nitrogens with zero attached hydrogens (tertiary/aromatic N) is 4. The summed E-state index contributed by atoms with van der Waals surface area (Å²) in [6.45, 7) is 0. The molecule has 0 saturated heterocycles. The van der Waals surface area contributed by atoms with Gasteiger partial charge in [-0.3, -0.25) is 0 Å². The molecule has 0 aliphatic rings. The SMILES string of the molecule is c1ccc(-c2ccc(-c3nc(-c4ccccc4)nc(-c4cc(-c5ccc(-c6ccccc6)cc5)c(-n5c6ccccc6c6cc(-c7ccccc7)ccc65)c(-c5ccc(-c6ccccc6)cc5)c4)n3)cc2)cc1. The Hall–Kier alpha value is -9.77. The molecule has 4 nitrogen and oxygen atoms in total. The van der Waals surface area contributed by atoms with Crippen LogP contribution in [-0.4, -0.2) is 19.5 Å². The summed E-state index contributed by atoms with van der Waals surface area (Å²) in [7, 11) is 0. The van der Waals surface area contributed by atoms with Crippen LogP contribution in [0.15, 0.2) is 279 Å². The van der Waals surface area contributed by atoms with Crippen molar-refractivity contribution in [2.24, 2.45) is 0 Å². The van der Waals surface area contributed by atoms with Crippen LogP contribution in [0.3, 0.4) is 0 Å². The summed E-state index contributed by atoms with van der Waals surface area (Å²) in [5.41, 5.74) is 19.5. The quantitative estimate of drug-likeness (QED) is 0.137. The van der Waals surface area contributed by atoms with Crippen molar-refractivity contribution >= 4 is 21.8 Å². The topological polar surface area (TPSA) is 43.6 Å². The monoisotopic (exact) mass is 930 g/mol. The lowest BCUT2D eigenvalue weighted by molar-refractivity contribution is 1.07. The maximum atomic E-state index is 5.38. The maximum absolute atomic E-state index is 5.38. The third-order valence-corrected chi connectivity index (χ3v) is 13.9. The van der Waals surface area contributed by atoms with E-state index in [0.29, 0.717) is 17.5 Å². The van der Waals surface area contributed by atoms with E-state index in [1.165, 1.54) is 33.0 Å². The number of fused-ring (bicyclic) bond motifs is 3. The number of aromatic nitrogens is 4. The Balaban J connectivity index is 1.09. The minimum absolute atomic E-state index is 0.585. The summed E-state index contributed by atoms with van der Waals surface area (Å²) in [5.74, 6) is 1.80. The van der Waals surface area contributed by atoms with Crippen molar-refractivity contribution in [3.63, 3.8) is 0 Å². The minimum atomic E-state index is 0.585. The van der Waals surface area contributed by atoms with Crippen molar-refractivity contribution in [1.29, 1.82) is 0 Å². The van der Waals surface area contributed by atoms with Gasteiger partial charge in [0.05, 0.1) is 16.7 Å². The fourth-order valence-corrected chi connectivity index (χ4v) is 10.2. The molecule has 342 valence electrons. The molecule has 11 aromatic carbocycles. The summed E-state index contributed by atoms with van der Waals surface area (Å²) >= 11 is 0. The van der Waals surface area contributed by atoms with E-state index in [1.807, 2.05) is 24.3 Å². The zero-order valence-electron chi connectivity index (χ0n) is 39.8. The number of rotatable bonds is 10. The Labute approximate surface area is 424 Å². The second-order valence-electron chi connectivity index (χ2n) is 18.4. The molecule has 2 heterocycles. The molecule has 0 aliphatic carbocycles. The number of benzene rings is 11. The summed E-state index contributed by atoms with van der Waals surface area (Å²) in [5, 5.41) is 2.37. The molecule has 13 rings (SSSR count). The molecule has 0 unspecified atom stereocenters. The normalized spacial score (nSPS) is 11.3. The maximum Gasteiger partial charge on any atom is 0.164 e. The van der Waals surface area contributed by atoms with E-state index >= 15 is 0 Å². The Morgan fingerprint density at radius 3 is 0.959 bits per heavy atom. The van der Waals surface area contributed by atoms with Crippen LogP contribution in [0.4, 0.5) is 0 Å². The molecular weight excluding hydrogens is 885 g/mol. The highest BCUT2D eigenvalue weighted by Gasteiger charge is 2.24. The minimum Gasteiger partial charge on any atom is -0.308 e. The van der Waals surface area contributed by atoms with E-state index in [1.54, 1.807) is 0 Å². The van der Waals surface area contributed by atoms with Crippen molar-refractivity contribution in [2.75, 3.05) is 0 Å². The molecule has 0 fully saturated rings. The second-order valence-corrected chi connectivity index (χ2v) is 18.4. The van der Waals surface area contributed by atoms with Crippen molar-refractivity contribution < 1.29 is 0 Å². The average Bonchev–Trinajstić information content (AvgIpc) is 3.81. The van der Waals surface area contributed by atoms with Crippen LogP contribution >= 0.6 is 0 Å². The summed E-state index contributed by atoms with van der Waals surface area (Å²) < 4.78 is 2.48. The van der Waals surface area contributed by atoms with Crippen molar-refractivity contribution in [3.05, 3.63) is 279 Å². The lowest BCUT2D eigenvalue weighted by Crippen LogP contribution is -2.04. The second kappa shape index (κ2) is 18.9. The van der Waals surface area contributed by atoms with Gasteiger partial charge < -0.3 is 4.57 Å². The molecule has 0 N–H and O–H groups in total. The van der Waals surface area contributed by atoms with Gasteiger partial charge in [-0.25, -0.2) is 15.0 Å². The predicted molar refractivity (Wildman–Crippen MR) is 303 cm³/mol. The van der Waals surface area contributed by atoms with Crippen molar-refractivity contribution in [3.8, 4) is 107 Å². The van der Waals surface area contributed by atoms with E-state index in [4.69, 9.17) is 15.0 Å². The van der Waals surface area contributed by atoms with Crippen LogP contribution in [0, 0.1) is 0 Å². The molecule has 0 spiro atoms. The smallest absolute Gasteiger partial charge is 0.164 e. The van der Waals surface area contributed by atoms with E-state index < -0.39 is 0 Å². The van der Waals surface area contributed by atoms with Crippen LogP contribution in [0.25, 0.3) is 128 Å². The third-order valence-electron chi connectivity index (χ3n) is 13.9. The Bertz CT molecular complexity index is 3960. The van der Waals surface area contributed by atoms with Crippen LogP contribution in [-0.2, 0) is 0 Å². The summed E-state index contributed by atoms with van der Waals surface area (Å²) in [6.07, 6.45) is 0. The van der Waals surface area contributed by atoms with Gasteiger partial charge in [0.1, 0.15) is 0 Å². The first-order chi connectivity index (χ1) is 36.2. The summed E-state index contributed by atoms with van der Waals surface area (Å²) in [4.78, 5) is 15.9. The lowest BCUT2D eigenvalue weighted by Gasteiger charge is -2.21. The molecule has 73 heavy (non-hydrogen) atoms. The van der Waals surface area contributed by atoms with E-state index in [0.717, 1.165) is 77.9 Å². The fraction of sp³-hybridized carbons (Fsp3) is 0. The zero-order valence-corrected chi connectivity index (χ0v) is 39.8. The highest BCUT2D eigenvalue weighted by atomic mass is 15.0. The van der Waals surface area contributed by atoms with Crippen molar-refractivity contribution in [1.82, 2.24) is 19.5 Å². The standard InChI is InChI=1S/C69H46N4/c1-6-18-47(19-7-1)51-30-36-54(37-31-51)61-45-59(69-71-67(56-26-14-5-15-27-56)70-68(72-69)57-40-34-53(35-41-57)49-22-10-3-11-23-49)46-62(55-38-32-52(33-39-55)48-20-8-2-9-21-48)66(61)73-64-29-17-16-28-60(64)63-44-58(42-43-65(63)73)50-24-12-4-13-25-50/h1-46H. The van der Waals surface area contributed by atoms with E-state index in [2.05, 4.69) is 259 Å². The van der Waals surface area contributed by atoms with Gasteiger partial charge in [-0.15, -0.1) is 0 Å². The molecule has 4 heteroatoms. The Morgan fingerprint density at radius 2 is 0.507 bits per heavy atom. The van der Waals surface area contributed by atoms with Gasteiger partial charge in [0.2, 0.25) is 0 Å². The highest BCUT2D eigenvalue weighted by molar-refractivity contribution is 6.12. The van der Waals surface area contributed by atoms with Gasteiger partial charge in [0, 0.05) is 38.6 Å². The molecule has 0 amide bonds. The fourth-order valence-electron chi connectivity index (χ4n) is 10.2. The number of hydrogen-bond acceptors (Lipinski definition) is 3. The molecule has 0 aliphatic heterocycles. The van der Waals surface area contributed by atoms with Gasteiger partial charge in [0.25, 0.3) is 0 Å². The predicted octanol–water partition coefficient (Wildman–Crippen LogP) is 18.0. The number of para-hydroxylation sites is 1. The molecule has 0 radical (unpaired) electrons. The van der Waals surface area contributed by atoms with Crippen LogP contribution < -0.4 is 0 Å². The largest absolute Gasteiger partial charge is 0.308 e. The number of hydrogen-bond donors (Lipinski definition) is 0. The first-order valence-electron chi connectivity index (χ1n) is 24.8. The van der Waals surface area contributed by atoms with E-state index in [9.17, 15) is 0 Å². The average molecular weight is 931 g/mol. The molecule has 2 aromatic heterocycles. The van der Waals surface area contributed by atoms with Crippen LogP contribution in [0.5, 0.6) is 0 Å². The first-order valence-corrected chi connectivity index (χ1v) is 24.8. The lowest BCUT2D eigenvalue weighted by atomic mass is 9.91. The first kappa shape index (κ1) is 43.3. The van der Waals surface area contributed by atoms with E-state index in [-0.39, 0.29) is 0 Å². The third kappa shape index (κ3) is 8.37. The summed E-state index contributed by atoms with van der Waals surface area (Å²) in [6, 6.07) is 99.3. The van der Waals surface area contributed by atoms with Gasteiger partial charge >= 0.3 is 0 Å². The van der Waals surface area contributed by atoms with Crippen LogP contribution in [0.1, 0.15) is 0 Å². The van der Waals surface area contributed by atoms with Gasteiger partial charge in [-0.2, -0.15) is 0 Å². The molecular formula is C69H46N4. The highest BCUT2D eigenvalue weighted by Crippen LogP contribution is 2.45. The van der Waals surface area contributed by atoms with Gasteiger partial charge in [-0.05, 0) is 86.0 Å². The Kier molecular flexibility index (Phi) is 11.2. The molecule has 0 saturated carbocycles. The van der Waals surface area contributed by atoms with Gasteiger partial charge in [-0.1, -0.05) is 249 Å². The zero-order chi connectivity index (χ0) is 48.5. The molecule has 0 bridgehead atoms. The molecule has 0 atom stereocenters. The Morgan fingerprint density at radius 1 is 0.205 bits per heavy atom. The van der Waals surface area contributed by atoms with Crippen LogP contribution in [0.2, 0.25) is 0 Å². The molecule has 13 aromatic rings. The van der Waals surface area contributed by atoms with Gasteiger partial charge in [0.15, 0.2) is 17.5 Å².